The van der Waals surface area contributed by atoms with Gasteiger partial charge in [-0.25, -0.2) is 0 Å². The maximum absolute atomic E-state index is 8.79. The molecule has 0 bridgehead atoms. The zero-order chi connectivity index (χ0) is 16.8. The Balaban J connectivity index is 1.51. The first kappa shape index (κ1) is 17.7. The van der Waals surface area contributed by atoms with Crippen LogP contribution in [0.2, 0.25) is 0 Å². The Morgan fingerprint density at radius 2 is 2.00 bits per heavy atom. The molecule has 1 spiro atoms. The van der Waals surface area contributed by atoms with E-state index in [1.54, 1.807) is 0 Å². The molecule has 0 saturated carbocycles. The standard InChI is InChI=1S/C19H29NO4/c1-22-18-3-2-13-24-19(18)8-10-20(11-9-19)15-16-4-6-17(7-5-16)23-14-12-21/h4-7,18,21H,2-3,8-15H2,1H3/t18-/m0/s1. The lowest BCUT2D eigenvalue weighted by Gasteiger charge is -2.48. The summed E-state index contributed by atoms with van der Waals surface area (Å²) in [5.74, 6) is 0.809. The van der Waals surface area contributed by atoms with E-state index in [4.69, 9.17) is 19.3 Å². The molecule has 134 valence electrons. The molecule has 1 aromatic carbocycles. The van der Waals surface area contributed by atoms with Crippen LogP contribution in [0.4, 0.5) is 0 Å². The fourth-order valence-electron chi connectivity index (χ4n) is 3.90. The molecule has 3 rings (SSSR count). The fraction of sp³-hybridized carbons (Fsp3) is 0.684. The average Bonchev–Trinajstić information content (AvgIpc) is 2.63. The van der Waals surface area contributed by atoms with Crippen molar-refractivity contribution in [1.29, 1.82) is 0 Å². The third-order valence-corrected chi connectivity index (χ3v) is 5.26. The molecule has 2 saturated heterocycles. The van der Waals surface area contributed by atoms with Gasteiger partial charge in [0.1, 0.15) is 12.4 Å². The molecule has 5 heteroatoms. The molecule has 0 aliphatic carbocycles. The molecule has 1 N–H and O–H groups in total. The second kappa shape index (κ2) is 8.30. The van der Waals surface area contributed by atoms with Crippen LogP contribution in [-0.2, 0) is 16.0 Å². The summed E-state index contributed by atoms with van der Waals surface area (Å²) in [6, 6.07) is 8.15. The molecule has 2 fully saturated rings. The minimum Gasteiger partial charge on any atom is -0.491 e. The molecule has 5 nitrogen and oxygen atoms in total. The minimum absolute atomic E-state index is 0.0435. The van der Waals surface area contributed by atoms with E-state index < -0.39 is 0 Å². The Morgan fingerprint density at radius 3 is 2.67 bits per heavy atom. The first-order chi connectivity index (χ1) is 11.8. The zero-order valence-electron chi connectivity index (χ0n) is 14.6. The van der Waals surface area contributed by atoms with Crippen LogP contribution in [0, 0.1) is 0 Å². The van der Waals surface area contributed by atoms with Crippen LogP contribution >= 0.6 is 0 Å². The van der Waals surface area contributed by atoms with Gasteiger partial charge in [0.25, 0.3) is 0 Å². The topological polar surface area (TPSA) is 51.2 Å². The number of hydrogen-bond acceptors (Lipinski definition) is 5. The second-order valence-electron chi connectivity index (χ2n) is 6.77. The van der Waals surface area contributed by atoms with Crippen LogP contribution < -0.4 is 4.74 Å². The Morgan fingerprint density at radius 1 is 1.25 bits per heavy atom. The Labute approximate surface area is 144 Å². The Hall–Kier alpha value is -1.14. The Kier molecular flexibility index (Phi) is 6.11. The summed E-state index contributed by atoms with van der Waals surface area (Å²) >= 11 is 0. The molecule has 2 heterocycles. The summed E-state index contributed by atoms with van der Waals surface area (Å²) < 4.78 is 17.3. The highest BCUT2D eigenvalue weighted by Gasteiger charge is 2.44. The molecular weight excluding hydrogens is 306 g/mol. The summed E-state index contributed by atoms with van der Waals surface area (Å²) in [4.78, 5) is 2.49. The Bertz CT molecular complexity index is 497. The number of hydrogen-bond donors (Lipinski definition) is 1. The first-order valence-corrected chi connectivity index (χ1v) is 8.97. The van der Waals surface area contributed by atoms with Crippen molar-refractivity contribution in [2.45, 2.75) is 43.9 Å². The van der Waals surface area contributed by atoms with Crippen LogP contribution in [0.25, 0.3) is 0 Å². The highest BCUT2D eigenvalue weighted by Crippen LogP contribution is 2.37. The molecule has 2 aliphatic heterocycles. The molecule has 0 aromatic heterocycles. The third kappa shape index (κ3) is 4.09. The molecule has 0 radical (unpaired) electrons. The summed E-state index contributed by atoms with van der Waals surface area (Å²) in [5.41, 5.74) is 1.22. The quantitative estimate of drug-likeness (QED) is 0.864. The van der Waals surface area contributed by atoms with Crippen molar-refractivity contribution in [3.63, 3.8) is 0 Å². The van der Waals surface area contributed by atoms with Crippen molar-refractivity contribution in [3.05, 3.63) is 29.8 Å². The molecule has 1 atom stereocenters. The number of piperidine rings is 1. The number of methoxy groups -OCH3 is 1. The number of aliphatic hydroxyl groups is 1. The van der Waals surface area contributed by atoms with Crippen molar-refractivity contribution in [2.75, 3.05) is 40.0 Å². The van der Waals surface area contributed by atoms with Gasteiger partial charge in [-0.3, -0.25) is 4.90 Å². The lowest BCUT2D eigenvalue weighted by atomic mass is 9.82. The van der Waals surface area contributed by atoms with E-state index in [2.05, 4.69) is 17.0 Å². The van der Waals surface area contributed by atoms with E-state index in [9.17, 15) is 0 Å². The number of ether oxygens (including phenoxy) is 3. The smallest absolute Gasteiger partial charge is 0.119 e. The van der Waals surface area contributed by atoms with Gasteiger partial charge in [-0.15, -0.1) is 0 Å². The monoisotopic (exact) mass is 335 g/mol. The molecule has 2 aliphatic rings. The molecular formula is C19H29NO4. The molecule has 0 amide bonds. The van der Waals surface area contributed by atoms with Gasteiger partial charge in [-0.2, -0.15) is 0 Å². The van der Waals surface area contributed by atoms with E-state index in [1.807, 2.05) is 19.2 Å². The normalized spacial score (nSPS) is 24.2. The number of nitrogens with zero attached hydrogens (tertiary/aromatic N) is 1. The van der Waals surface area contributed by atoms with Crippen molar-refractivity contribution < 1.29 is 19.3 Å². The highest BCUT2D eigenvalue weighted by molar-refractivity contribution is 5.27. The molecule has 24 heavy (non-hydrogen) atoms. The van der Waals surface area contributed by atoms with Crippen molar-refractivity contribution in [3.8, 4) is 5.75 Å². The lowest BCUT2D eigenvalue weighted by Crippen LogP contribution is -2.55. The summed E-state index contributed by atoms with van der Waals surface area (Å²) in [6.45, 7) is 4.30. The zero-order valence-corrected chi connectivity index (χ0v) is 14.6. The van der Waals surface area contributed by atoms with Gasteiger partial charge in [0.15, 0.2) is 0 Å². The maximum Gasteiger partial charge on any atom is 0.119 e. The predicted molar refractivity (Wildman–Crippen MR) is 92.2 cm³/mol. The largest absolute Gasteiger partial charge is 0.491 e. The number of likely N-dealkylation sites (tertiary alicyclic amines) is 1. The summed E-state index contributed by atoms with van der Waals surface area (Å²) in [5, 5.41) is 8.79. The number of aliphatic hydroxyl groups excluding tert-OH is 1. The summed E-state index contributed by atoms with van der Waals surface area (Å²) in [6.07, 6.45) is 4.56. The van der Waals surface area contributed by atoms with E-state index in [-0.39, 0.29) is 18.3 Å². The van der Waals surface area contributed by atoms with Crippen LogP contribution in [0.15, 0.2) is 24.3 Å². The van der Waals surface area contributed by atoms with E-state index in [1.165, 1.54) is 5.56 Å². The number of rotatable bonds is 6. The van der Waals surface area contributed by atoms with Crippen molar-refractivity contribution in [2.24, 2.45) is 0 Å². The average molecular weight is 335 g/mol. The second-order valence-corrected chi connectivity index (χ2v) is 6.77. The molecule has 1 aromatic rings. The lowest BCUT2D eigenvalue weighted by molar-refractivity contribution is -0.186. The van der Waals surface area contributed by atoms with Crippen LogP contribution in [-0.4, -0.2) is 61.7 Å². The van der Waals surface area contributed by atoms with Gasteiger partial charge < -0.3 is 19.3 Å². The van der Waals surface area contributed by atoms with Crippen LogP contribution in [0.3, 0.4) is 0 Å². The number of benzene rings is 1. The van der Waals surface area contributed by atoms with Crippen LogP contribution in [0.5, 0.6) is 5.75 Å². The predicted octanol–water partition coefficient (Wildman–Crippen LogP) is 2.22. The van der Waals surface area contributed by atoms with E-state index in [0.29, 0.717) is 6.61 Å². The van der Waals surface area contributed by atoms with Gasteiger partial charge in [-0.05, 0) is 43.4 Å². The first-order valence-electron chi connectivity index (χ1n) is 8.97. The van der Waals surface area contributed by atoms with Crippen molar-refractivity contribution >= 4 is 0 Å². The van der Waals surface area contributed by atoms with Crippen LogP contribution in [0.1, 0.15) is 31.2 Å². The van der Waals surface area contributed by atoms with Gasteiger partial charge in [-0.1, -0.05) is 12.1 Å². The molecule has 0 unspecified atom stereocenters. The van der Waals surface area contributed by atoms with E-state index >= 15 is 0 Å². The fourth-order valence-corrected chi connectivity index (χ4v) is 3.90. The minimum atomic E-state index is -0.0640. The third-order valence-electron chi connectivity index (χ3n) is 5.26. The van der Waals surface area contributed by atoms with Gasteiger partial charge >= 0.3 is 0 Å². The van der Waals surface area contributed by atoms with Crippen molar-refractivity contribution in [1.82, 2.24) is 4.90 Å². The summed E-state index contributed by atoms with van der Waals surface area (Å²) in [7, 11) is 1.81. The van der Waals surface area contributed by atoms with Gasteiger partial charge in [0, 0.05) is 33.4 Å². The van der Waals surface area contributed by atoms with Gasteiger partial charge in [0.05, 0.1) is 18.3 Å². The van der Waals surface area contributed by atoms with Gasteiger partial charge in [0.2, 0.25) is 0 Å². The highest BCUT2D eigenvalue weighted by atomic mass is 16.5. The SMILES string of the molecule is CO[C@H]1CCCOC12CCN(Cc1ccc(OCCO)cc1)CC2. The maximum atomic E-state index is 8.79. The van der Waals surface area contributed by atoms with E-state index in [0.717, 1.165) is 57.7 Å².